The number of anilines is 1. The van der Waals surface area contributed by atoms with Crippen LogP contribution in [0.3, 0.4) is 0 Å². The average Bonchev–Trinajstić information content (AvgIpc) is 3.54. The second-order valence-electron chi connectivity index (χ2n) is 8.31. The second kappa shape index (κ2) is 10.9. The van der Waals surface area contributed by atoms with Crippen molar-refractivity contribution in [3.05, 3.63) is 88.8 Å². The van der Waals surface area contributed by atoms with Crippen LogP contribution in [0.5, 0.6) is 0 Å². The zero-order chi connectivity index (χ0) is 25.7. The molecular formula is C26H26FN5O4. The van der Waals surface area contributed by atoms with Crippen molar-refractivity contribution in [1.29, 1.82) is 0 Å². The molecule has 0 aliphatic carbocycles. The van der Waals surface area contributed by atoms with Crippen LogP contribution in [-0.4, -0.2) is 38.0 Å². The molecule has 9 nitrogen and oxygen atoms in total. The summed E-state index contributed by atoms with van der Waals surface area (Å²) < 4.78 is 19.3. The maximum atomic E-state index is 13.7. The smallest absolute Gasteiger partial charge is 0.326 e. The van der Waals surface area contributed by atoms with Gasteiger partial charge in [-0.25, -0.2) is 19.2 Å². The van der Waals surface area contributed by atoms with E-state index in [2.05, 4.69) is 25.6 Å². The van der Waals surface area contributed by atoms with E-state index in [1.807, 2.05) is 6.92 Å². The summed E-state index contributed by atoms with van der Waals surface area (Å²) in [5.41, 5.74) is 3.44. The lowest BCUT2D eigenvalue weighted by Crippen LogP contribution is -2.42. The van der Waals surface area contributed by atoms with Gasteiger partial charge in [-0.05, 0) is 54.3 Å². The minimum absolute atomic E-state index is 0.0763. The number of aromatic amines is 1. The molecular weight excluding hydrogens is 465 g/mol. The zero-order valence-corrected chi connectivity index (χ0v) is 19.8. The average molecular weight is 492 g/mol. The van der Waals surface area contributed by atoms with E-state index in [4.69, 9.17) is 4.42 Å². The number of rotatable bonds is 10. The molecule has 2 aromatic heterocycles. The molecule has 0 radical (unpaired) electrons. The van der Waals surface area contributed by atoms with Gasteiger partial charge in [0.25, 0.3) is 5.91 Å². The molecule has 2 heterocycles. The second-order valence-corrected chi connectivity index (χ2v) is 8.31. The van der Waals surface area contributed by atoms with Gasteiger partial charge in [-0.2, -0.15) is 0 Å². The van der Waals surface area contributed by atoms with Crippen LogP contribution in [0.2, 0.25) is 0 Å². The molecule has 1 amide bonds. The van der Waals surface area contributed by atoms with E-state index in [9.17, 15) is 19.1 Å². The SMILES string of the molecule is CCc1cc(F)cc(C)c1C(=O)NC(Cc1ccc(-c2nc(CNc3ncc[nH]3)co2)cc1)C(=O)O. The molecule has 0 bridgehead atoms. The van der Waals surface area contributed by atoms with Crippen LogP contribution in [0.25, 0.3) is 11.5 Å². The number of aromatic nitrogens is 3. The highest BCUT2D eigenvalue weighted by atomic mass is 19.1. The number of carboxylic acids is 1. The van der Waals surface area contributed by atoms with Crippen molar-refractivity contribution in [3.8, 4) is 11.5 Å². The Kier molecular flexibility index (Phi) is 7.43. The van der Waals surface area contributed by atoms with Gasteiger partial charge in [0.1, 0.15) is 18.1 Å². The van der Waals surface area contributed by atoms with Crippen LogP contribution in [0.15, 0.2) is 59.5 Å². The van der Waals surface area contributed by atoms with Crippen LogP contribution in [0.1, 0.15) is 39.7 Å². The number of oxazole rings is 1. The highest BCUT2D eigenvalue weighted by molar-refractivity contribution is 5.99. The third kappa shape index (κ3) is 5.77. The van der Waals surface area contributed by atoms with Crippen molar-refractivity contribution >= 4 is 17.8 Å². The number of carbonyl (C=O) groups excluding carboxylic acids is 1. The number of hydrogen-bond donors (Lipinski definition) is 4. The number of imidazole rings is 1. The number of carbonyl (C=O) groups is 2. The van der Waals surface area contributed by atoms with Crippen LogP contribution in [0.4, 0.5) is 10.3 Å². The third-order valence-corrected chi connectivity index (χ3v) is 5.72. The van der Waals surface area contributed by atoms with Gasteiger partial charge in [-0.1, -0.05) is 19.1 Å². The number of aliphatic carboxylic acids is 1. The Morgan fingerprint density at radius 2 is 2.00 bits per heavy atom. The third-order valence-electron chi connectivity index (χ3n) is 5.72. The summed E-state index contributed by atoms with van der Waals surface area (Å²) in [6.45, 7) is 3.88. The van der Waals surface area contributed by atoms with Crippen molar-refractivity contribution in [3.63, 3.8) is 0 Å². The van der Waals surface area contributed by atoms with Crippen LogP contribution in [0, 0.1) is 12.7 Å². The number of halogens is 1. The lowest BCUT2D eigenvalue weighted by molar-refractivity contribution is -0.139. The van der Waals surface area contributed by atoms with Gasteiger partial charge in [0.05, 0.1) is 12.2 Å². The lowest BCUT2D eigenvalue weighted by Gasteiger charge is -2.17. The van der Waals surface area contributed by atoms with E-state index in [1.54, 1.807) is 49.8 Å². The number of carboxylic acid groups (broad SMARTS) is 1. The summed E-state index contributed by atoms with van der Waals surface area (Å²) in [5.74, 6) is -1.07. The molecule has 1 atom stereocenters. The van der Waals surface area contributed by atoms with E-state index in [1.165, 1.54) is 12.1 Å². The molecule has 1 unspecified atom stereocenters. The minimum atomic E-state index is -1.16. The summed E-state index contributed by atoms with van der Waals surface area (Å²) in [7, 11) is 0. The standard InChI is InChI=1S/C26H26FN5O4/c1-3-17-12-19(27)10-15(2)22(17)23(33)32-21(25(34)35)11-16-4-6-18(7-5-16)24-31-20(14-36-24)13-30-26-28-8-9-29-26/h4-10,12,14,21H,3,11,13H2,1-2H3,(H,32,33)(H,34,35)(H2,28,29,30). The number of H-pyrrole nitrogens is 1. The molecule has 0 fully saturated rings. The molecule has 4 rings (SSSR count). The Labute approximate surface area is 206 Å². The fraction of sp³-hybridized carbons (Fsp3) is 0.231. The molecule has 10 heteroatoms. The van der Waals surface area contributed by atoms with Crippen molar-refractivity contribution in [2.24, 2.45) is 0 Å². The summed E-state index contributed by atoms with van der Waals surface area (Å²) in [5, 5.41) is 15.4. The normalized spacial score (nSPS) is 11.8. The van der Waals surface area contributed by atoms with Crippen molar-refractivity contribution in [2.75, 3.05) is 5.32 Å². The topological polar surface area (TPSA) is 133 Å². The van der Waals surface area contributed by atoms with Crippen molar-refractivity contribution in [1.82, 2.24) is 20.3 Å². The Morgan fingerprint density at radius 1 is 1.22 bits per heavy atom. The summed E-state index contributed by atoms with van der Waals surface area (Å²) in [6, 6.07) is 8.52. The fourth-order valence-corrected chi connectivity index (χ4v) is 3.92. The molecule has 2 aromatic carbocycles. The van der Waals surface area contributed by atoms with Gasteiger partial charge in [0, 0.05) is 29.9 Å². The van der Waals surface area contributed by atoms with Crippen LogP contribution in [-0.2, 0) is 24.2 Å². The fourth-order valence-electron chi connectivity index (χ4n) is 3.92. The van der Waals surface area contributed by atoms with E-state index in [-0.39, 0.29) is 6.42 Å². The first-order chi connectivity index (χ1) is 17.3. The minimum Gasteiger partial charge on any atom is -0.480 e. The largest absolute Gasteiger partial charge is 0.480 e. The number of aryl methyl sites for hydroxylation is 2. The maximum Gasteiger partial charge on any atom is 0.326 e. The predicted molar refractivity (Wildman–Crippen MR) is 131 cm³/mol. The van der Waals surface area contributed by atoms with E-state index in [0.29, 0.717) is 52.8 Å². The van der Waals surface area contributed by atoms with Gasteiger partial charge in [-0.3, -0.25) is 4.79 Å². The zero-order valence-electron chi connectivity index (χ0n) is 19.8. The van der Waals surface area contributed by atoms with Crippen LogP contribution >= 0.6 is 0 Å². The van der Waals surface area contributed by atoms with E-state index < -0.39 is 23.7 Å². The van der Waals surface area contributed by atoms with Gasteiger partial charge >= 0.3 is 5.97 Å². The van der Waals surface area contributed by atoms with Gasteiger partial charge in [-0.15, -0.1) is 0 Å². The molecule has 0 aliphatic heterocycles. The molecule has 0 spiro atoms. The lowest BCUT2D eigenvalue weighted by atomic mass is 9.98. The summed E-state index contributed by atoms with van der Waals surface area (Å²) >= 11 is 0. The number of benzene rings is 2. The maximum absolute atomic E-state index is 13.7. The Balaban J connectivity index is 1.42. The molecule has 36 heavy (non-hydrogen) atoms. The van der Waals surface area contributed by atoms with E-state index in [0.717, 1.165) is 5.56 Å². The highest BCUT2D eigenvalue weighted by Crippen LogP contribution is 2.21. The Morgan fingerprint density at radius 3 is 2.67 bits per heavy atom. The molecule has 186 valence electrons. The quantitative estimate of drug-likeness (QED) is 0.262. The summed E-state index contributed by atoms with van der Waals surface area (Å²) in [6.07, 6.45) is 5.43. The number of nitrogens with zero attached hydrogens (tertiary/aromatic N) is 2. The molecule has 4 aromatic rings. The van der Waals surface area contributed by atoms with Crippen molar-refractivity contribution in [2.45, 2.75) is 39.3 Å². The molecule has 0 saturated carbocycles. The molecule has 4 N–H and O–H groups in total. The van der Waals surface area contributed by atoms with Gasteiger partial charge < -0.3 is 25.1 Å². The Hall–Kier alpha value is -4.47. The first kappa shape index (κ1) is 24.6. The van der Waals surface area contributed by atoms with Gasteiger partial charge in [0.15, 0.2) is 5.95 Å². The van der Waals surface area contributed by atoms with Gasteiger partial charge in [0.2, 0.25) is 5.89 Å². The first-order valence-corrected chi connectivity index (χ1v) is 11.4. The molecule has 0 aliphatic rings. The number of hydrogen-bond acceptors (Lipinski definition) is 6. The highest BCUT2D eigenvalue weighted by Gasteiger charge is 2.24. The first-order valence-electron chi connectivity index (χ1n) is 11.4. The van der Waals surface area contributed by atoms with Crippen LogP contribution < -0.4 is 10.6 Å². The number of nitrogens with one attached hydrogen (secondary N) is 3. The predicted octanol–water partition coefficient (Wildman–Crippen LogP) is 4.11. The van der Waals surface area contributed by atoms with E-state index >= 15 is 0 Å². The summed E-state index contributed by atoms with van der Waals surface area (Å²) in [4.78, 5) is 36.3. The monoisotopic (exact) mass is 491 g/mol. The van der Waals surface area contributed by atoms with Crippen molar-refractivity contribution < 1.29 is 23.5 Å². The Bertz CT molecular complexity index is 1350. The number of amides is 1. The molecule has 0 saturated heterocycles.